The summed E-state index contributed by atoms with van der Waals surface area (Å²) >= 11 is 6.52. The fourth-order valence-corrected chi connectivity index (χ4v) is 3.57. The molecule has 0 bridgehead atoms. The van der Waals surface area contributed by atoms with Crippen LogP contribution in [0.4, 0.5) is 0 Å². The Morgan fingerprint density at radius 1 is 0.966 bits per heavy atom. The van der Waals surface area contributed by atoms with Crippen molar-refractivity contribution >= 4 is 11.6 Å². The van der Waals surface area contributed by atoms with E-state index in [0.29, 0.717) is 17.3 Å². The first kappa shape index (κ1) is 19.6. The van der Waals surface area contributed by atoms with E-state index in [9.17, 15) is 0 Å². The summed E-state index contributed by atoms with van der Waals surface area (Å²) in [5.41, 5.74) is 3.51. The number of aromatic nitrogens is 1. The molecule has 5 nitrogen and oxygen atoms in total. The highest BCUT2D eigenvalue weighted by atomic mass is 35.5. The smallest absolute Gasteiger partial charge is 0.231 e. The highest BCUT2D eigenvalue weighted by molar-refractivity contribution is 6.31. The van der Waals surface area contributed by atoms with E-state index in [1.807, 2.05) is 48.8 Å². The van der Waals surface area contributed by atoms with Gasteiger partial charge in [-0.15, -0.1) is 0 Å². The first-order chi connectivity index (χ1) is 14.2. The lowest BCUT2D eigenvalue weighted by atomic mass is 10.1. The monoisotopic (exact) mass is 410 g/mol. The van der Waals surface area contributed by atoms with E-state index in [4.69, 9.17) is 25.8 Å². The summed E-state index contributed by atoms with van der Waals surface area (Å²) < 4.78 is 16.2. The summed E-state index contributed by atoms with van der Waals surface area (Å²) in [6.45, 7) is 2.66. The summed E-state index contributed by atoms with van der Waals surface area (Å²) in [6, 6.07) is 16.1. The molecule has 0 saturated heterocycles. The SMILES string of the molecule is COc1ccc(CCN(Cc2ccncc2)Cc2cc3c(cc2Cl)OCO3)cc1. The van der Waals surface area contributed by atoms with Crippen LogP contribution in [-0.2, 0) is 19.5 Å². The van der Waals surface area contributed by atoms with Gasteiger partial charge in [-0.3, -0.25) is 9.88 Å². The molecule has 1 aliphatic heterocycles. The summed E-state index contributed by atoms with van der Waals surface area (Å²) in [4.78, 5) is 6.50. The molecule has 29 heavy (non-hydrogen) atoms. The molecule has 150 valence electrons. The van der Waals surface area contributed by atoms with Crippen LogP contribution in [-0.4, -0.2) is 30.3 Å². The Kier molecular flexibility index (Phi) is 6.17. The second kappa shape index (κ2) is 9.16. The topological polar surface area (TPSA) is 43.8 Å². The van der Waals surface area contributed by atoms with Crippen LogP contribution in [0.1, 0.15) is 16.7 Å². The Balaban J connectivity index is 1.50. The highest BCUT2D eigenvalue weighted by Gasteiger charge is 2.18. The molecular formula is C23H23ClN2O3. The van der Waals surface area contributed by atoms with Crippen LogP contribution >= 0.6 is 11.6 Å². The van der Waals surface area contributed by atoms with Gasteiger partial charge < -0.3 is 14.2 Å². The molecule has 0 N–H and O–H groups in total. The number of hydrogen-bond acceptors (Lipinski definition) is 5. The van der Waals surface area contributed by atoms with Gasteiger partial charge >= 0.3 is 0 Å². The number of halogens is 1. The van der Waals surface area contributed by atoms with E-state index in [2.05, 4.69) is 22.0 Å². The van der Waals surface area contributed by atoms with Crippen molar-refractivity contribution in [3.63, 3.8) is 0 Å². The maximum absolute atomic E-state index is 6.52. The second-order valence-corrected chi connectivity index (χ2v) is 7.37. The standard InChI is InChI=1S/C23H23ClN2O3/c1-27-20-4-2-17(3-5-20)8-11-26(14-18-6-9-25-10-7-18)15-19-12-22-23(13-21(19)24)29-16-28-22/h2-7,9-10,12-13H,8,11,14-16H2,1H3. The minimum absolute atomic E-state index is 0.243. The molecule has 0 saturated carbocycles. The predicted octanol–water partition coefficient (Wildman–Crippen LogP) is 4.72. The van der Waals surface area contributed by atoms with Crippen LogP contribution in [0.25, 0.3) is 0 Å². The lowest BCUT2D eigenvalue weighted by Crippen LogP contribution is -2.25. The van der Waals surface area contributed by atoms with E-state index in [1.54, 1.807) is 7.11 Å². The molecule has 0 aliphatic carbocycles. The van der Waals surface area contributed by atoms with Crippen LogP contribution in [0.2, 0.25) is 5.02 Å². The Labute approximate surface area is 175 Å². The number of rotatable bonds is 8. The predicted molar refractivity (Wildman–Crippen MR) is 113 cm³/mol. The lowest BCUT2D eigenvalue weighted by Gasteiger charge is -2.23. The lowest BCUT2D eigenvalue weighted by molar-refractivity contribution is 0.174. The summed E-state index contributed by atoms with van der Waals surface area (Å²) in [5, 5.41) is 0.693. The number of hydrogen-bond donors (Lipinski definition) is 0. The van der Waals surface area contributed by atoms with E-state index in [-0.39, 0.29) is 6.79 Å². The average molecular weight is 411 g/mol. The van der Waals surface area contributed by atoms with Crippen molar-refractivity contribution in [2.75, 3.05) is 20.4 Å². The zero-order valence-electron chi connectivity index (χ0n) is 16.3. The molecule has 0 atom stereocenters. The van der Waals surface area contributed by atoms with Crippen LogP contribution in [0.5, 0.6) is 17.2 Å². The van der Waals surface area contributed by atoms with Gasteiger partial charge in [0.25, 0.3) is 0 Å². The van der Waals surface area contributed by atoms with E-state index < -0.39 is 0 Å². The van der Waals surface area contributed by atoms with Gasteiger partial charge in [-0.1, -0.05) is 23.7 Å². The van der Waals surface area contributed by atoms with Crippen molar-refractivity contribution in [3.05, 3.63) is 82.6 Å². The minimum Gasteiger partial charge on any atom is -0.497 e. The second-order valence-electron chi connectivity index (χ2n) is 6.96. The van der Waals surface area contributed by atoms with Crippen molar-refractivity contribution in [3.8, 4) is 17.2 Å². The Bertz CT molecular complexity index is 948. The molecule has 6 heteroatoms. The minimum atomic E-state index is 0.243. The van der Waals surface area contributed by atoms with Gasteiger partial charge in [-0.2, -0.15) is 0 Å². The number of benzene rings is 2. The third kappa shape index (κ3) is 5.00. The fraction of sp³-hybridized carbons (Fsp3) is 0.261. The molecule has 1 aromatic heterocycles. The van der Waals surface area contributed by atoms with E-state index in [1.165, 1.54) is 11.1 Å². The van der Waals surface area contributed by atoms with Crippen molar-refractivity contribution in [1.82, 2.24) is 9.88 Å². The van der Waals surface area contributed by atoms with Crippen molar-refractivity contribution < 1.29 is 14.2 Å². The molecule has 2 heterocycles. The summed E-state index contributed by atoms with van der Waals surface area (Å²) in [7, 11) is 1.68. The third-order valence-corrected chi connectivity index (χ3v) is 5.32. The fourth-order valence-electron chi connectivity index (χ4n) is 3.36. The van der Waals surface area contributed by atoms with Crippen LogP contribution in [0, 0.1) is 0 Å². The van der Waals surface area contributed by atoms with Gasteiger partial charge in [0.2, 0.25) is 6.79 Å². The normalized spacial score (nSPS) is 12.4. The van der Waals surface area contributed by atoms with Gasteiger partial charge in [0.15, 0.2) is 11.5 Å². The van der Waals surface area contributed by atoms with Crippen LogP contribution < -0.4 is 14.2 Å². The molecule has 0 radical (unpaired) electrons. The van der Waals surface area contributed by atoms with Crippen molar-refractivity contribution in [2.45, 2.75) is 19.5 Å². The van der Waals surface area contributed by atoms with Gasteiger partial charge in [0.1, 0.15) is 5.75 Å². The molecule has 4 rings (SSSR count). The number of fused-ring (bicyclic) bond motifs is 1. The first-order valence-electron chi connectivity index (χ1n) is 9.53. The Morgan fingerprint density at radius 3 is 2.41 bits per heavy atom. The maximum Gasteiger partial charge on any atom is 0.231 e. The molecule has 2 aromatic carbocycles. The van der Waals surface area contributed by atoms with Gasteiger partial charge in [-0.25, -0.2) is 0 Å². The largest absolute Gasteiger partial charge is 0.497 e. The maximum atomic E-state index is 6.52. The number of ether oxygens (including phenoxy) is 3. The molecule has 0 spiro atoms. The number of pyridine rings is 1. The summed E-state index contributed by atoms with van der Waals surface area (Å²) in [5.74, 6) is 2.33. The van der Waals surface area contributed by atoms with Crippen molar-refractivity contribution in [1.29, 1.82) is 0 Å². The van der Waals surface area contributed by atoms with Gasteiger partial charge in [0, 0.05) is 43.1 Å². The van der Waals surface area contributed by atoms with Crippen molar-refractivity contribution in [2.24, 2.45) is 0 Å². The summed E-state index contributed by atoms with van der Waals surface area (Å²) in [6.07, 6.45) is 4.58. The van der Waals surface area contributed by atoms with E-state index in [0.717, 1.165) is 36.6 Å². The van der Waals surface area contributed by atoms with Crippen LogP contribution in [0.15, 0.2) is 60.9 Å². The zero-order chi connectivity index (χ0) is 20.1. The molecule has 3 aromatic rings. The Hall–Kier alpha value is -2.76. The van der Waals surface area contributed by atoms with Gasteiger partial charge in [0.05, 0.1) is 7.11 Å². The third-order valence-electron chi connectivity index (χ3n) is 4.97. The molecule has 0 fully saturated rings. The molecule has 0 unspecified atom stereocenters. The number of methoxy groups -OCH3 is 1. The first-order valence-corrected chi connectivity index (χ1v) is 9.91. The average Bonchev–Trinajstić information content (AvgIpc) is 3.20. The Morgan fingerprint density at radius 2 is 1.69 bits per heavy atom. The van der Waals surface area contributed by atoms with Crippen LogP contribution in [0.3, 0.4) is 0 Å². The highest BCUT2D eigenvalue weighted by Crippen LogP contribution is 2.37. The van der Waals surface area contributed by atoms with Gasteiger partial charge in [-0.05, 0) is 53.4 Å². The molecule has 0 amide bonds. The zero-order valence-corrected chi connectivity index (χ0v) is 17.1. The number of nitrogens with zero attached hydrogens (tertiary/aromatic N) is 2. The molecule has 1 aliphatic rings. The molecular weight excluding hydrogens is 388 g/mol. The van der Waals surface area contributed by atoms with E-state index >= 15 is 0 Å². The quantitative estimate of drug-likeness (QED) is 0.537.